The van der Waals surface area contributed by atoms with Gasteiger partial charge in [-0.25, -0.2) is 0 Å². The number of rotatable bonds is 4. The van der Waals surface area contributed by atoms with Gasteiger partial charge in [-0.2, -0.15) is 5.10 Å². The number of hydrogen-bond donors (Lipinski definition) is 2. The number of carbonyl (C=O) groups is 1. The van der Waals surface area contributed by atoms with Gasteiger partial charge in [-0.05, 0) is 11.8 Å². The molecule has 0 aromatic carbocycles. The fourth-order valence-electron chi connectivity index (χ4n) is 1.61. The Morgan fingerprint density at radius 2 is 2.11 bits per heavy atom. The summed E-state index contributed by atoms with van der Waals surface area (Å²) in [4.78, 5) is 12.1. The third-order valence-electron chi connectivity index (χ3n) is 3.07. The van der Waals surface area contributed by atoms with Gasteiger partial charge >= 0.3 is 0 Å². The number of hydrogen-bond acceptors (Lipinski definition) is 3. The lowest BCUT2D eigenvalue weighted by atomic mass is 9.89. The van der Waals surface area contributed by atoms with E-state index in [4.69, 9.17) is 11.6 Å². The Morgan fingerprint density at radius 3 is 2.58 bits per heavy atom. The molecular weight excluding hydrogens is 266 g/mol. The molecular formula is C13H22ClN3O2. The van der Waals surface area contributed by atoms with Crippen LogP contribution in [-0.4, -0.2) is 33.4 Å². The predicted molar refractivity (Wildman–Crippen MR) is 75.4 cm³/mol. The lowest BCUT2D eigenvalue weighted by Crippen LogP contribution is -2.39. The summed E-state index contributed by atoms with van der Waals surface area (Å²) >= 11 is 6.07. The molecule has 0 spiro atoms. The third-order valence-corrected chi connectivity index (χ3v) is 3.50. The van der Waals surface area contributed by atoms with Crippen molar-refractivity contribution in [2.75, 3.05) is 6.54 Å². The highest BCUT2D eigenvalue weighted by Crippen LogP contribution is 2.21. The lowest BCUT2D eigenvalue weighted by molar-refractivity contribution is 0.0586. The molecule has 0 aliphatic carbocycles. The Kier molecular flexibility index (Phi) is 4.98. The van der Waals surface area contributed by atoms with E-state index in [2.05, 4.69) is 10.4 Å². The highest BCUT2D eigenvalue weighted by molar-refractivity contribution is 6.33. The second-order valence-corrected chi connectivity index (χ2v) is 6.04. The Bertz CT molecular complexity index is 463. The first-order valence-electron chi connectivity index (χ1n) is 6.36. The van der Waals surface area contributed by atoms with Gasteiger partial charge in [-0.15, -0.1) is 0 Å². The number of nitrogens with one attached hydrogen (secondary N) is 1. The molecule has 1 aromatic heterocycles. The van der Waals surface area contributed by atoms with Crippen LogP contribution in [0.2, 0.25) is 5.15 Å². The van der Waals surface area contributed by atoms with Gasteiger partial charge in [-0.1, -0.05) is 39.3 Å². The normalized spacial score (nSPS) is 13.4. The van der Waals surface area contributed by atoms with Crippen molar-refractivity contribution >= 4 is 17.5 Å². The van der Waals surface area contributed by atoms with Gasteiger partial charge in [0, 0.05) is 13.6 Å². The van der Waals surface area contributed by atoms with E-state index in [1.807, 2.05) is 27.7 Å². The molecule has 19 heavy (non-hydrogen) atoms. The quantitative estimate of drug-likeness (QED) is 0.887. The first-order chi connectivity index (χ1) is 8.68. The number of amides is 1. The molecule has 1 rings (SSSR count). The van der Waals surface area contributed by atoms with Crippen molar-refractivity contribution in [1.29, 1.82) is 0 Å². The summed E-state index contributed by atoms with van der Waals surface area (Å²) in [5, 5.41) is 17.1. The lowest BCUT2D eigenvalue weighted by Gasteiger charge is -2.25. The van der Waals surface area contributed by atoms with Gasteiger partial charge in [0.1, 0.15) is 5.15 Å². The fourth-order valence-corrected chi connectivity index (χ4v) is 1.84. The topological polar surface area (TPSA) is 67.2 Å². The molecule has 6 heteroatoms. The van der Waals surface area contributed by atoms with Gasteiger partial charge in [-0.3, -0.25) is 9.48 Å². The van der Waals surface area contributed by atoms with Crippen molar-refractivity contribution in [3.05, 3.63) is 16.4 Å². The number of aliphatic hydroxyl groups is 1. The minimum Gasteiger partial charge on any atom is -0.391 e. The van der Waals surface area contributed by atoms with E-state index in [1.165, 1.54) is 4.68 Å². The number of carbonyl (C=O) groups excluding carboxylic acids is 1. The minimum absolute atomic E-state index is 0.191. The molecule has 1 amide bonds. The summed E-state index contributed by atoms with van der Waals surface area (Å²) in [5.41, 5.74) is 0.780. The Hall–Kier alpha value is -1.07. The summed E-state index contributed by atoms with van der Waals surface area (Å²) in [6.45, 7) is 7.85. The number of aliphatic hydroxyl groups excluding tert-OH is 1. The second-order valence-electron chi connectivity index (χ2n) is 5.68. The zero-order valence-electron chi connectivity index (χ0n) is 12.1. The zero-order chi connectivity index (χ0) is 14.8. The number of aryl methyl sites for hydroxylation is 2. The van der Waals surface area contributed by atoms with E-state index >= 15 is 0 Å². The van der Waals surface area contributed by atoms with Crippen LogP contribution in [0.3, 0.4) is 0 Å². The van der Waals surface area contributed by atoms with E-state index in [0.717, 1.165) is 0 Å². The molecule has 0 aliphatic heterocycles. The Morgan fingerprint density at radius 1 is 1.53 bits per heavy atom. The summed E-state index contributed by atoms with van der Waals surface area (Å²) in [5.74, 6) is -0.293. The van der Waals surface area contributed by atoms with Crippen LogP contribution in [0, 0.1) is 5.41 Å². The molecule has 1 heterocycles. The predicted octanol–water partition coefficient (Wildman–Crippen LogP) is 1.77. The van der Waals surface area contributed by atoms with Crippen LogP contribution in [-0.2, 0) is 13.5 Å². The van der Waals surface area contributed by atoms with Crippen molar-refractivity contribution in [2.45, 2.75) is 40.2 Å². The largest absolute Gasteiger partial charge is 0.391 e. The highest BCUT2D eigenvalue weighted by Gasteiger charge is 2.25. The SMILES string of the molecule is CCc1nn(C)c(Cl)c1C(=O)NCC(O)C(C)(C)C. The van der Waals surface area contributed by atoms with Crippen LogP contribution in [0.1, 0.15) is 43.7 Å². The van der Waals surface area contributed by atoms with E-state index in [1.54, 1.807) is 7.05 Å². The molecule has 0 radical (unpaired) electrons. The van der Waals surface area contributed by atoms with Gasteiger partial charge in [0.15, 0.2) is 0 Å². The van der Waals surface area contributed by atoms with E-state index < -0.39 is 6.10 Å². The maximum absolute atomic E-state index is 12.1. The molecule has 0 bridgehead atoms. The number of halogens is 1. The maximum atomic E-state index is 12.1. The van der Waals surface area contributed by atoms with Gasteiger partial charge < -0.3 is 10.4 Å². The summed E-state index contributed by atoms with van der Waals surface area (Å²) < 4.78 is 1.48. The van der Waals surface area contributed by atoms with Gasteiger partial charge in [0.05, 0.1) is 17.4 Å². The van der Waals surface area contributed by atoms with E-state index in [9.17, 15) is 9.90 Å². The van der Waals surface area contributed by atoms with E-state index in [0.29, 0.717) is 22.8 Å². The molecule has 2 N–H and O–H groups in total. The monoisotopic (exact) mass is 287 g/mol. The summed E-state index contributed by atoms with van der Waals surface area (Å²) in [7, 11) is 1.70. The summed E-state index contributed by atoms with van der Waals surface area (Å²) in [6, 6.07) is 0. The second kappa shape index (κ2) is 5.92. The molecule has 0 saturated carbocycles. The van der Waals surface area contributed by atoms with Gasteiger partial charge in [0.25, 0.3) is 5.91 Å². The molecule has 5 nitrogen and oxygen atoms in total. The van der Waals surface area contributed by atoms with Crippen molar-refractivity contribution in [2.24, 2.45) is 12.5 Å². The smallest absolute Gasteiger partial charge is 0.256 e. The minimum atomic E-state index is -0.614. The molecule has 0 saturated heterocycles. The number of aromatic nitrogens is 2. The molecule has 1 atom stereocenters. The first-order valence-corrected chi connectivity index (χ1v) is 6.73. The fraction of sp³-hybridized carbons (Fsp3) is 0.692. The van der Waals surface area contributed by atoms with Crippen LogP contribution in [0.4, 0.5) is 0 Å². The maximum Gasteiger partial charge on any atom is 0.256 e. The molecule has 108 valence electrons. The van der Waals surface area contributed by atoms with Crippen LogP contribution in [0.25, 0.3) is 0 Å². The van der Waals surface area contributed by atoms with Gasteiger partial charge in [0.2, 0.25) is 0 Å². The summed E-state index contributed by atoms with van der Waals surface area (Å²) in [6.07, 6.45) is 0.0162. The average molecular weight is 288 g/mol. The van der Waals surface area contributed by atoms with Crippen molar-refractivity contribution in [3.63, 3.8) is 0 Å². The molecule has 1 aromatic rings. The van der Waals surface area contributed by atoms with Crippen LogP contribution >= 0.6 is 11.6 Å². The standard InChI is InChI=1S/C13H22ClN3O2/c1-6-8-10(11(14)17(5)16-8)12(19)15-7-9(18)13(2,3)4/h9,18H,6-7H2,1-5H3,(H,15,19). The van der Waals surface area contributed by atoms with Crippen LogP contribution in [0.15, 0.2) is 0 Å². The van der Waals surface area contributed by atoms with Crippen LogP contribution in [0.5, 0.6) is 0 Å². The highest BCUT2D eigenvalue weighted by atomic mass is 35.5. The van der Waals surface area contributed by atoms with Crippen LogP contribution < -0.4 is 5.32 Å². The van der Waals surface area contributed by atoms with Crippen molar-refractivity contribution < 1.29 is 9.90 Å². The molecule has 0 fully saturated rings. The Balaban J connectivity index is 2.80. The number of nitrogens with zero attached hydrogens (tertiary/aromatic N) is 2. The van der Waals surface area contributed by atoms with Crippen molar-refractivity contribution in [3.8, 4) is 0 Å². The zero-order valence-corrected chi connectivity index (χ0v) is 12.9. The first kappa shape index (κ1) is 16.0. The molecule has 0 aliphatic rings. The molecule has 1 unspecified atom stereocenters. The van der Waals surface area contributed by atoms with Crippen molar-refractivity contribution in [1.82, 2.24) is 15.1 Å². The Labute approximate surface area is 118 Å². The average Bonchev–Trinajstić information content (AvgIpc) is 2.60. The third kappa shape index (κ3) is 3.70. The van der Waals surface area contributed by atoms with E-state index in [-0.39, 0.29) is 17.9 Å².